The van der Waals surface area contributed by atoms with Gasteiger partial charge in [0.1, 0.15) is 9.79 Å². The summed E-state index contributed by atoms with van der Waals surface area (Å²) in [6.45, 7) is 0. The topological polar surface area (TPSA) is 135 Å². The van der Waals surface area contributed by atoms with Crippen molar-refractivity contribution in [1.29, 1.82) is 0 Å². The Hall–Kier alpha value is -0.200. The summed E-state index contributed by atoms with van der Waals surface area (Å²) in [5.41, 5.74) is 5.92. The summed E-state index contributed by atoms with van der Waals surface area (Å²) in [7, 11) is -8.92. The van der Waals surface area contributed by atoms with Gasteiger partial charge >= 0.3 is 0 Å². The molecule has 0 aromatic heterocycles. The van der Waals surface area contributed by atoms with E-state index in [1.54, 1.807) is 6.07 Å². The monoisotopic (exact) mass is 401 g/mol. The van der Waals surface area contributed by atoms with Crippen molar-refractivity contribution < 1.29 is 25.9 Å². The molecule has 0 heterocycles. The summed E-state index contributed by atoms with van der Waals surface area (Å²) in [5.74, 6) is 0. The molecule has 25 heavy (non-hydrogen) atoms. The third-order valence-corrected chi connectivity index (χ3v) is 4.79. The summed E-state index contributed by atoms with van der Waals surface area (Å²) >= 11 is 0. The molecule has 0 unspecified atom stereocenters. The van der Waals surface area contributed by atoms with Crippen LogP contribution in [0, 0.1) is 0 Å². The van der Waals surface area contributed by atoms with Crippen molar-refractivity contribution in [3.8, 4) is 0 Å². The molecule has 0 saturated carbocycles. The standard InChI is InChI=1S/C14H13NO6S2.2Na/c15-12-8-7-11(14(9-12)23(19,20)21)6-5-10-3-1-2-4-13(10)22(16,17)18;;/h1-9H,15H2,(H,16,17,18)(H,19,20,21);;. The first-order valence-corrected chi connectivity index (χ1v) is 9.08. The smallest absolute Gasteiger partial charge is 0.295 e. The minimum Gasteiger partial charge on any atom is -0.399 e. The molecule has 0 aliphatic heterocycles. The van der Waals surface area contributed by atoms with Gasteiger partial charge in [-0.25, -0.2) is 0 Å². The molecule has 0 atom stereocenters. The van der Waals surface area contributed by atoms with Gasteiger partial charge in [-0.15, -0.1) is 0 Å². The van der Waals surface area contributed by atoms with Gasteiger partial charge in [0.05, 0.1) is 0 Å². The van der Waals surface area contributed by atoms with E-state index in [0.29, 0.717) is 0 Å². The summed E-state index contributed by atoms with van der Waals surface area (Å²) in [5, 5.41) is 0. The predicted octanol–water partition coefficient (Wildman–Crippen LogP) is 1.17. The van der Waals surface area contributed by atoms with E-state index in [1.807, 2.05) is 0 Å². The second kappa shape index (κ2) is 9.65. The Kier molecular flexibility index (Phi) is 9.58. The van der Waals surface area contributed by atoms with Crippen molar-refractivity contribution in [1.82, 2.24) is 0 Å². The molecule has 0 amide bonds. The molecule has 0 bridgehead atoms. The van der Waals surface area contributed by atoms with Gasteiger partial charge in [0.15, 0.2) is 0 Å². The van der Waals surface area contributed by atoms with Crippen molar-refractivity contribution in [2.75, 3.05) is 5.73 Å². The number of nitrogens with two attached hydrogens (primary N) is 1. The third-order valence-electron chi connectivity index (χ3n) is 2.95. The van der Waals surface area contributed by atoms with Crippen LogP contribution >= 0.6 is 0 Å². The van der Waals surface area contributed by atoms with Gasteiger partial charge in [-0.1, -0.05) is 36.4 Å². The molecule has 0 saturated heterocycles. The number of anilines is 1. The van der Waals surface area contributed by atoms with Crippen LogP contribution in [0.2, 0.25) is 0 Å². The largest absolute Gasteiger partial charge is 0.399 e. The fourth-order valence-electron chi connectivity index (χ4n) is 1.94. The predicted molar refractivity (Wildman–Crippen MR) is 97.4 cm³/mol. The van der Waals surface area contributed by atoms with E-state index in [2.05, 4.69) is 0 Å². The van der Waals surface area contributed by atoms with E-state index < -0.39 is 25.1 Å². The van der Waals surface area contributed by atoms with Crippen molar-refractivity contribution in [3.63, 3.8) is 0 Å². The molecule has 2 aromatic rings. The third kappa shape index (κ3) is 6.79. The minimum absolute atomic E-state index is 0. The number of hydrogen-bond donors (Lipinski definition) is 3. The Balaban J connectivity index is 0.00000288. The van der Waals surface area contributed by atoms with Crippen LogP contribution in [0.25, 0.3) is 12.2 Å². The van der Waals surface area contributed by atoms with Crippen LogP contribution in [0.3, 0.4) is 0 Å². The number of hydrogen-bond acceptors (Lipinski definition) is 5. The van der Waals surface area contributed by atoms with E-state index in [-0.39, 0.29) is 80.8 Å². The van der Waals surface area contributed by atoms with Crippen molar-refractivity contribution in [2.24, 2.45) is 0 Å². The van der Waals surface area contributed by atoms with Crippen LogP contribution in [-0.2, 0) is 20.2 Å². The first-order chi connectivity index (χ1) is 10.6. The molecule has 7 nitrogen and oxygen atoms in total. The van der Waals surface area contributed by atoms with Crippen molar-refractivity contribution in [3.05, 3.63) is 53.6 Å². The van der Waals surface area contributed by atoms with E-state index >= 15 is 0 Å². The Bertz CT molecular complexity index is 988. The maximum atomic E-state index is 11.4. The van der Waals surface area contributed by atoms with E-state index in [9.17, 15) is 25.9 Å². The second-order valence-corrected chi connectivity index (χ2v) is 7.40. The SMILES string of the molecule is Nc1ccc(C=Cc2ccccc2S(=O)(=O)O)c(S(=O)(=O)O)c1.[Na].[Na]. The summed E-state index contributed by atoms with van der Waals surface area (Å²) < 4.78 is 63.8. The molecule has 11 heteroatoms. The number of rotatable bonds is 4. The molecule has 0 spiro atoms. The Morgan fingerprint density at radius 2 is 1.24 bits per heavy atom. The van der Waals surface area contributed by atoms with E-state index in [4.69, 9.17) is 5.73 Å². The van der Waals surface area contributed by atoms with Crippen LogP contribution in [0.1, 0.15) is 11.1 Å². The van der Waals surface area contributed by atoms with Crippen LogP contribution < -0.4 is 5.73 Å². The Morgan fingerprint density at radius 1 is 0.760 bits per heavy atom. The van der Waals surface area contributed by atoms with Gasteiger partial charge in [0, 0.05) is 64.8 Å². The summed E-state index contributed by atoms with van der Waals surface area (Å²) in [6.07, 6.45) is 2.61. The average molecular weight is 401 g/mol. The Labute approximate surface area is 190 Å². The molecule has 2 rings (SSSR count). The number of nitrogen functional groups attached to an aromatic ring is 1. The van der Waals surface area contributed by atoms with Crippen molar-refractivity contribution in [2.45, 2.75) is 9.79 Å². The van der Waals surface area contributed by atoms with Gasteiger partial charge in [0.25, 0.3) is 20.2 Å². The normalized spacial score (nSPS) is 11.6. The quantitative estimate of drug-likeness (QED) is 0.303. The minimum atomic E-state index is -4.50. The fraction of sp³-hybridized carbons (Fsp3) is 0. The molecule has 2 radical (unpaired) electrons. The molecule has 124 valence electrons. The zero-order chi connectivity index (χ0) is 17.3. The van der Waals surface area contributed by atoms with Gasteiger partial charge in [-0.05, 0) is 29.3 Å². The maximum absolute atomic E-state index is 11.4. The van der Waals surface area contributed by atoms with E-state index in [0.717, 1.165) is 6.07 Å². The molecule has 2 aromatic carbocycles. The maximum Gasteiger partial charge on any atom is 0.295 e. The van der Waals surface area contributed by atoms with Crippen LogP contribution in [0.15, 0.2) is 52.3 Å². The van der Waals surface area contributed by atoms with Crippen molar-refractivity contribution >= 4 is 97.2 Å². The zero-order valence-corrected chi connectivity index (χ0v) is 19.3. The molecular formula is C14H13NNa2O6S2. The zero-order valence-electron chi connectivity index (χ0n) is 13.6. The second-order valence-electron chi connectivity index (χ2n) is 4.62. The fourth-order valence-corrected chi connectivity index (χ4v) is 3.35. The first kappa shape index (κ1) is 24.8. The molecular weight excluding hydrogens is 388 g/mol. The summed E-state index contributed by atoms with van der Waals surface area (Å²) in [4.78, 5) is -0.724. The van der Waals surface area contributed by atoms with E-state index in [1.165, 1.54) is 42.5 Å². The number of benzene rings is 2. The van der Waals surface area contributed by atoms with Gasteiger partial charge < -0.3 is 5.73 Å². The molecule has 4 N–H and O–H groups in total. The van der Waals surface area contributed by atoms with Crippen LogP contribution in [0.5, 0.6) is 0 Å². The average Bonchev–Trinajstić information content (AvgIpc) is 2.44. The molecule has 0 fully saturated rings. The van der Waals surface area contributed by atoms with Crippen LogP contribution in [0.4, 0.5) is 5.69 Å². The molecule has 0 aliphatic carbocycles. The van der Waals surface area contributed by atoms with Gasteiger partial charge in [0.2, 0.25) is 0 Å². The van der Waals surface area contributed by atoms with Crippen LogP contribution in [-0.4, -0.2) is 85.1 Å². The molecule has 0 aliphatic rings. The van der Waals surface area contributed by atoms with Gasteiger partial charge in [-0.2, -0.15) is 16.8 Å². The first-order valence-electron chi connectivity index (χ1n) is 6.20. The Morgan fingerprint density at radius 3 is 1.76 bits per heavy atom. The summed E-state index contributed by atoms with van der Waals surface area (Å²) in [6, 6.07) is 9.53. The van der Waals surface area contributed by atoms with Gasteiger partial charge in [-0.3, -0.25) is 9.11 Å².